The van der Waals surface area contributed by atoms with Gasteiger partial charge in [-0.15, -0.1) is 0 Å². The lowest BCUT2D eigenvalue weighted by molar-refractivity contribution is -0.167. The minimum absolute atomic E-state index is 0. The molecule has 0 aromatic carbocycles. The molecule has 0 spiro atoms. The van der Waals surface area contributed by atoms with Gasteiger partial charge in [0.15, 0.2) is 5.78 Å². The summed E-state index contributed by atoms with van der Waals surface area (Å²) in [4.78, 5) is 24.5. The standard InChI is InChI=1S/C17H28O2.C17H22O2.2B/c18-16-14-6-2-1-5-12(14)13-9-8-10-4-3-7-11(10)15(13)17(16)19;18-15-8-7-14-12(15)5-6-13-11-4-2-1-3-10(11)9-16(19)17(13)14;;/h10-19H,1-9H2;9,11-14,17H,1-8H2;;/t10?,11?,12?,13?,14?,15?,16-,17-;;;/m1.../s1. The van der Waals surface area contributed by atoms with E-state index in [1.165, 1.54) is 76.2 Å². The van der Waals surface area contributed by atoms with Gasteiger partial charge in [0.1, 0.15) is 5.78 Å². The minimum atomic E-state index is -0.425. The maximum atomic E-state index is 12.5. The van der Waals surface area contributed by atoms with E-state index in [-0.39, 0.29) is 28.7 Å². The monoisotopic (exact) mass is 544 g/mol. The van der Waals surface area contributed by atoms with Crippen molar-refractivity contribution >= 4 is 28.4 Å². The number of carbonyl (C=O) groups is 2. The highest BCUT2D eigenvalue weighted by molar-refractivity contribution is 5.95. The molecule has 6 radical (unpaired) electrons. The highest BCUT2D eigenvalue weighted by atomic mass is 16.3. The van der Waals surface area contributed by atoms with Gasteiger partial charge >= 0.3 is 0 Å². The first kappa shape index (κ1) is 30.6. The van der Waals surface area contributed by atoms with Crippen LogP contribution in [0.25, 0.3) is 0 Å². The Balaban J connectivity index is 0.000000154. The summed E-state index contributed by atoms with van der Waals surface area (Å²) in [5, 5.41) is 21.3. The molecule has 8 rings (SSSR count). The average Bonchev–Trinajstić information content (AvgIpc) is 3.58. The highest BCUT2D eigenvalue weighted by Crippen LogP contribution is 2.58. The quantitative estimate of drug-likeness (QED) is 0.394. The van der Waals surface area contributed by atoms with E-state index in [9.17, 15) is 19.8 Å². The summed E-state index contributed by atoms with van der Waals surface area (Å²) in [5.41, 5.74) is 1.44. The molecule has 0 bridgehead atoms. The number of fused-ring (bicyclic) bond motifs is 10. The molecular weight excluding hydrogens is 494 g/mol. The number of hydrogen-bond acceptors (Lipinski definition) is 4. The molecule has 0 heterocycles. The van der Waals surface area contributed by atoms with Gasteiger partial charge in [-0.2, -0.15) is 0 Å². The first-order chi connectivity index (χ1) is 18.5. The molecule has 0 amide bonds. The second-order valence-corrected chi connectivity index (χ2v) is 14.8. The van der Waals surface area contributed by atoms with Gasteiger partial charge in [0.25, 0.3) is 0 Å². The van der Waals surface area contributed by atoms with Crippen molar-refractivity contribution < 1.29 is 19.8 Å². The SMILES string of the molecule is O=C1CCC2C1CCC1C3CCCCC3=CC(=O)C21.O[C@@H]1C2CCCCC2C2CCC3CCCC3C2[C@H]1O.[B].[B]. The van der Waals surface area contributed by atoms with Crippen LogP contribution in [0.2, 0.25) is 0 Å². The van der Waals surface area contributed by atoms with Gasteiger partial charge in [-0.25, -0.2) is 0 Å². The van der Waals surface area contributed by atoms with E-state index in [2.05, 4.69) is 0 Å². The van der Waals surface area contributed by atoms with E-state index in [0.29, 0.717) is 41.2 Å². The van der Waals surface area contributed by atoms with Crippen LogP contribution in [0.3, 0.4) is 0 Å². The van der Waals surface area contributed by atoms with Crippen LogP contribution in [0.5, 0.6) is 0 Å². The van der Waals surface area contributed by atoms with E-state index >= 15 is 0 Å². The first-order valence-electron chi connectivity index (χ1n) is 16.7. The lowest BCUT2D eigenvalue weighted by Gasteiger charge is -2.55. The molecule has 216 valence electrons. The third-order valence-corrected chi connectivity index (χ3v) is 13.5. The summed E-state index contributed by atoms with van der Waals surface area (Å²) in [5.74, 6) is 6.72. The average molecular weight is 544 g/mol. The van der Waals surface area contributed by atoms with Crippen molar-refractivity contribution in [1.29, 1.82) is 0 Å². The van der Waals surface area contributed by atoms with Crippen molar-refractivity contribution in [3.8, 4) is 0 Å². The third kappa shape index (κ3) is 5.03. The largest absolute Gasteiger partial charge is 0.390 e. The van der Waals surface area contributed by atoms with Crippen molar-refractivity contribution in [3.05, 3.63) is 11.6 Å². The normalized spacial score (nSPS) is 48.6. The molecule has 11 unspecified atom stereocenters. The van der Waals surface area contributed by atoms with Crippen LogP contribution in [0, 0.1) is 65.1 Å². The zero-order valence-electron chi connectivity index (χ0n) is 24.5. The number of Topliss-reactive ketones (excluding diaryl/α,β-unsaturated/α-hetero) is 1. The fourth-order valence-electron chi connectivity index (χ4n) is 12.0. The summed E-state index contributed by atoms with van der Waals surface area (Å²) >= 11 is 0. The van der Waals surface area contributed by atoms with Crippen LogP contribution in [-0.2, 0) is 9.59 Å². The van der Waals surface area contributed by atoms with Crippen molar-refractivity contribution in [2.75, 3.05) is 0 Å². The van der Waals surface area contributed by atoms with E-state index in [0.717, 1.165) is 62.2 Å². The Kier molecular flexibility index (Phi) is 9.47. The molecule has 0 aliphatic heterocycles. The van der Waals surface area contributed by atoms with Gasteiger partial charge in [-0.3, -0.25) is 9.59 Å². The summed E-state index contributed by atoms with van der Waals surface area (Å²) in [6.45, 7) is 0. The number of aliphatic hydroxyl groups excluding tert-OH is 2. The van der Waals surface area contributed by atoms with Crippen LogP contribution < -0.4 is 0 Å². The Hall–Kier alpha value is -0.870. The van der Waals surface area contributed by atoms with Crippen molar-refractivity contribution in [2.45, 2.75) is 121 Å². The number of rotatable bonds is 0. The molecule has 7 saturated carbocycles. The van der Waals surface area contributed by atoms with Gasteiger partial charge in [0.2, 0.25) is 0 Å². The Morgan fingerprint density at radius 1 is 0.550 bits per heavy atom. The van der Waals surface area contributed by atoms with Crippen LogP contribution >= 0.6 is 0 Å². The molecule has 40 heavy (non-hydrogen) atoms. The van der Waals surface area contributed by atoms with Crippen LogP contribution in [-0.4, -0.2) is 50.8 Å². The maximum Gasteiger partial charge on any atom is 0.159 e. The molecular formula is C34H50B2O4. The van der Waals surface area contributed by atoms with Crippen molar-refractivity contribution in [3.63, 3.8) is 0 Å². The summed E-state index contributed by atoms with van der Waals surface area (Å²) in [7, 11) is 0. The first-order valence-corrected chi connectivity index (χ1v) is 16.7. The second kappa shape index (κ2) is 12.4. The molecule has 8 aliphatic carbocycles. The smallest absolute Gasteiger partial charge is 0.159 e. The lowest BCUT2D eigenvalue weighted by Crippen LogP contribution is -2.57. The van der Waals surface area contributed by atoms with Gasteiger partial charge in [-0.05, 0) is 130 Å². The zero-order valence-corrected chi connectivity index (χ0v) is 24.5. The minimum Gasteiger partial charge on any atom is -0.390 e. The number of aliphatic hydroxyl groups is 2. The van der Waals surface area contributed by atoms with E-state index in [1.807, 2.05) is 6.08 Å². The summed E-state index contributed by atoms with van der Waals surface area (Å²) in [6, 6.07) is 0. The number of hydrogen-bond donors (Lipinski definition) is 2. The molecule has 7 fully saturated rings. The van der Waals surface area contributed by atoms with Crippen LogP contribution in [0.4, 0.5) is 0 Å². The van der Waals surface area contributed by atoms with Crippen LogP contribution in [0.1, 0.15) is 109 Å². The molecule has 4 nitrogen and oxygen atoms in total. The van der Waals surface area contributed by atoms with E-state index in [4.69, 9.17) is 0 Å². The molecule has 0 aromatic rings. The Bertz CT molecular complexity index is 966. The number of allylic oxidation sites excluding steroid dienone is 2. The Morgan fingerprint density at radius 3 is 2.08 bits per heavy atom. The predicted molar refractivity (Wildman–Crippen MR) is 158 cm³/mol. The van der Waals surface area contributed by atoms with Gasteiger partial charge in [-0.1, -0.05) is 37.7 Å². The Morgan fingerprint density at radius 2 is 1.25 bits per heavy atom. The topological polar surface area (TPSA) is 74.6 Å². The van der Waals surface area contributed by atoms with Gasteiger partial charge in [0.05, 0.1) is 12.2 Å². The molecule has 6 heteroatoms. The van der Waals surface area contributed by atoms with Crippen molar-refractivity contribution in [2.24, 2.45) is 65.1 Å². The summed E-state index contributed by atoms with van der Waals surface area (Å²) in [6.07, 6.45) is 21.9. The predicted octanol–water partition coefficient (Wildman–Crippen LogP) is 5.52. The second-order valence-electron chi connectivity index (χ2n) is 14.8. The molecule has 2 N–H and O–H groups in total. The van der Waals surface area contributed by atoms with Crippen LogP contribution in [0.15, 0.2) is 11.6 Å². The number of ketones is 2. The highest BCUT2D eigenvalue weighted by Gasteiger charge is 2.56. The summed E-state index contributed by atoms with van der Waals surface area (Å²) < 4.78 is 0. The fraction of sp³-hybridized carbons (Fsp3) is 0.882. The van der Waals surface area contributed by atoms with E-state index in [1.54, 1.807) is 0 Å². The molecule has 8 aliphatic rings. The fourth-order valence-corrected chi connectivity index (χ4v) is 12.0. The maximum absolute atomic E-state index is 12.5. The zero-order chi connectivity index (χ0) is 26.0. The van der Waals surface area contributed by atoms with Gasteiger partial charge in [0, 0.05) is 35.1 Å². The molecule has 0 saturated heterocycles. The lowest BCUT2D eigenvalue weighted by atomic mass is 9.52. The number of carbonyl (C=O) groups excluding carboxylic acids is 2. The molecule has 0 aromatic heterocycles. The van der Waals surface area contributed by atoms with Gasteiger partial charge < -0.3 is 10.2 Å². The van der Waals surface area contributed by atoms with E-state index < -0.39 is 12.2 Å². The van der Waals surface area contributed by atoms with Crippen molar-refractivity contribution in [1.82, 2.24) is 0 Å². The molecule has 13 atom stereocenters. The third-order valence-electron chi connectivity index (χ3n) is 13.5. The Labute approximate surface area is 246 Å².